The number of ether oxygens (including phenoxy) is 2. The normalized spacial score (nSPS) is 24.0. The van der Waals surface area contributed by atoms with Gasteiger partial charge in [0.1, 0.15) is 12.4 Å². The Balaban J connectivity index is 1.45. The van der Waals surface area contributed by atoms with Crippen LogP contribution in [0.25, 0.3) is 0 Å². The standard InChI is InChI=1S/C17H23F2N3O2/c1-20-16(22-7-4-17(11-22)5-8-23-12-17)21-6-9-24-15-3-2-13(18)10-14(15)19/h2-3,10H,4-9,11-12H2,1H3,(H,20,21). The van der Waals surface area contributed by atoms with Crippen LogP contribution in [0, 0.1) is 17.0 Å². The van der Waals surface area contributed by atoms with Crippen molar-refractivity contribution < 1.29 is 18.3 Å². The van der Waals surface area contributed by atoms with Crippen molar-refractivity contribution in [2.75, 3.05) is 46.5 Å². The maximum atomic E-state index is 13.5. The number of guanidine groups is 1. The minimum absolute atomic E-state index is 0.0522. The molecule has 2 aliphatic rings. The van der Waals surface area contributed by atoms with Gasteiger partial charge in [0.25, 0.3) is 0 Å². The first kappa shape index (κ1) is 17.0. The second-order valence-corrected chi connectivity index (χ2v) is 6.37. The van der Waals surface area contributed by atoms with E-state index in [2.05, 4.69) is 15.2 Å². The molecule has 5 nitrogen and oxygen atoms in total. The molecule has 2 fully saturated rings. The number of halogens is 2. The number of aliphatic imine (C=N–C) groups is 1. The van der Waals surface area contributed by atoms with Gasteiger partial charge in [0.2, 0.25) is 0 Å². The lowest BCUT2D eigenvalue weighted by molar-refractivity contribution is 0.156. The lowest BCUT2D eigenvalue weighted by Gasteiger charge is -2.24. The van der Waals surface area contributed by atoms with Gasteiger partial charge in [-0.05, 0) is 25.0 Å². The lowest BCUT2D eigenvalue weighted by atomic mass is 9.87. The monoisotopic (exact) mass is 339 g/mol. The van der Waals surface area contributed by atoms with Gasteiger partial charge in [-0.25, -0.2) is 8.78 Å². The van der Waals surface area contributed by atoms with Crippen LogP contribution in [0.2, 0.25) is 0 Å². The highest BCUT2D eigenvalue weighted by Gasteiger charge is 2.42. The highest BCUT2D eigenvalue weighted by molar-refractivity contribution is 5.80. The van der Waals surface area contributed by atoms with Gasteiger partial charge < -0.3 is 19.7 Å². The van der Waals surface area contributed by atoms with Crippen LogP contribution >= 0.6 is 0 Å². The third kappa shape index (κ3) is 3.77. The molecule has 3 rings (SSSR count). The number of nitrogens with zero attached hydrogens (tertiary/aromatic N) is 2. The Labute approximate surface area is 140 Å². The van der Waals surface area contributed by atoms with Crippen LogP contribution in [0.1, 0.15) is 12.8 Å². The summed E-state index contributed by atoms with van der Waals surface area (Å²) in [4.78, 5) is 6.54. The maximum absolute atomic E-state index is 13.5. The second kappa shape index (κ2) is 7.34. The fourth-order valence-electron chi connectivity index (χ4n) is 3.34. The quantitative estimate of drug-likeness (QED) is 0.518. The second-order valence-electron chi connectivity index (χ2n) is 6.37. The molecule has 0 radical (unpaired) electrons. The highest BCUT2D eigenvalue weighted by atomic mass is 19.1. The first-order valence-corrected chi connectivity index (χ1v) is 8.23. The van der Waals surface area contributed by atoms with Crippen LogP contribution < -0.4 is 10.1 Å². The Morgan fingerprint density at radius 1 is 1.42 bits per heavy atom. The average Bonchev–Trinajstić information content (AvgIpc) is 3.20. The molecule has 2 heterocycles. The molecule has 7 heteroatoms. The summed E-state index contributed by atoms with van der Waals surface area (Å²) in [6.07, 6.45) is 2.22. The first-order valence-electron chi connectivity index (χ1n) is 8.23. The van der Waals surface area contributed by atoms with Crippen molar-refractivity contribution in [3.8, 4) is 5.75 Å². The zero-order valence-electron chi connectivity index (χ0n) is 13.9. The number of benzene rings is 1. The molecular weight excluding hydrogens is 316 g/mol. The fraction of sp³-hybridized carbons (Fsp3) is 0.588. The molecule has 1 unspecified atom stereocenters. The van der Waals surface area contributed by atoms with Crippen molar-refractivity contribution in [3.05, 3.63) is 29.8 Å². The molecule has 0 aliphatic carbocycles. The molecule has 1 N–H and O–H groups in total. The molecule has 24 heavy (non-hydrogen) atoms. The predicted octanol–water partition coefficient (Wildman–Crippen LogP) is 2.03. The summed E-state index contributed by atoms with van der Waals surface area (Å²) in [5.41, 5.74) is 0.269. The Bertz CT molecular complexity index is 603. The Morgan fingerprint density at radius 2 is 2.29 bits per heavy atom. The van der Waals surface area contributed by atoms with Crippen molar-refractivity contribution in [1.29, 1.82) is 0 Å². The minimum Gasteiger partial charge on any atom is -0.489 e. The molecule has 1 aromatic rings. The molecule has 132 valence electrons. The molecule has 0 amide bonds. The van der Waals surface area contributed by atoms with Gasteiger partial charge in [-0.1, -0.05) is 0 Å². The molecule has 0 saturated carbocycles. The van der Waals surface area contributed by atoms with E-state index >= 15 is 0 Å². The average molecular weight is 339 g/mol. The van der Waals surface area contributed by atoms with E-state index in [0.717, 1.165) is 51.2 Å². The number of hydrogen-bond donors (Lipinski definition) is 1. The highest BCUT2D eigenvalue weighted by Crippen LogP contribution is 2.38. The van der Waals surface area contributed by atoms with Gasteiger partial charge in [-0.15, -0.1) is 0 Å². The van der Waals surface area contributed by atoms with Gasteiger partial charge >= 0.3 is 0 Å². The van der Waals surface area contributed by atoms with E-state index in [9.17, 15) is 8.78 Å². The van der Waals surface area contributed by atoms with Crippen LogP contribution in [0.3, 0.4) is 0 Å². The number of hydrogen-bond acceptors (Lipinski definition) is 3. The summed E-state index contributed by atoms with van der Waals surface area (Å²) < 4.78 is 37.2. The van der Waals surface area contributed by atoms with Gasteiger partial charge in [0, 0.05) is 38.2 Å². The van der Waals surface area contributed by atoms with E-state index in [0.29, 0.717) is 6.54 Å². The summed E-state index contributed by atoms with van der Waals surface area (Å²) >= 11 is 0. The summed E-state index contributed by atoms with van der Waals surface area (Å²) in [5, 5.41) is 3.23. The minimum atomic E-state index is -0.692. The fourth-order valence-corrected chi connectivity index (χ4v) is 3.34. The SMILES string of the molecule is CN=C(NCCOc1ccc(F)cc1F)N1CCC2(CCOC2)C1. The van der Waals surface area contributed by atoms with Crippen LogP contribution in [0.4, 0.5) is 8.78 Å². The molecule has 0 aromatic heterocycles. The largest absolute Gasteiger partial charge is 0.489 e. The van der Waals surface area contributed by atoms with E-state index in [1.807, 2.05) is 0 Å². The van der Waals surface area contributed by atoms with Crippen molar-refractivity contribution in [2.24, 2.45) is 10.4 Å². The van der Waals surface area contributed by atoms with Gasteiger partial charge in [-0.2, -0.15) is 0 Å². The number of likely N-dealkylation sites (tertiary alicyclic amines) is 1. The van der Waals surface area contributed by atoms with E-state index < -0.39 is 11.6 Å². The van der Waals surface area contributed by atoms with Crippen LogP contribution in [-0.4, -0.2) is 57.4 Å². The molecular formula is C17H23F2N3O2. The number of nitrogens with one attached hydrogen (secondary N) is 1. The third-order valence-corrected chi connectivity index (χ3v) is 4.67. The van der Waals surface area contributed by atoms with E-state index in [-0.39, 0.29) is 17.8 Å². The summed E-state index contributed by atoms with van der Waals surface area (Å²) in [6.45, 7) is 4.33. The summed E-state index contributed by atoms with van der Waals surface area (Å²) in [6, 6.07) is 3.29. The zero-order valence-corrected chi connectivity index (χ0v) is 13.9. The number of rotatable bonds is 4. The Morgan fingerprint density at radius 3 is 3.00 bits per heavy atom. The van der Waals surface area contributed by atoms with E-state index in [1.165, 1.54) is 12.1 Å². The van der Waals surface area contributed by atoms with Crippen molar-refractivity contribution in [3.63, 3.8) is 0 Å². The topological polar surface area (TPSA) is 46.1 Å². The van der Waals surface area contributed by atoms with E-state index in [1.54, 1.807) is 7.05 Å². The van der Waals surface area contributed by atoms with Crippen LogP contribution in [0.15, 0.2) is 23.2 Å². The van der Waals surface area contributed by atoms with Gasteiger partial charge in [0.15, 0.2) is 17.5 Å². The summed E-state index contributed by atoms with van der Waals surface area (Å²) in [5.74, 6) is -0.433. The van der Waals surface area contributed by atoms with Gasteiger partial charge in [-0.3, -0.25) is 4.99 Å². The lowest BCUT2D eigenvalue weighted by Crippen LogP contribution is -2.42. The van der Waals surface area contributed by atoms with Crippen molar-refractivity contribution in [1.82, 2.24) is 10.2 Å². The molecule has 2 aliphatic heterocycles. The molecule has 1 atom stereocenters. The van der Waals surface area contributed by atoms with Gasteiger partial charge in [0.05, 0.1) is 13.2 Å². The van der Waals surface area contributed by atoms with Crippen LogP contribution in [0.5, 0.6) is 5.75 Å². The third-order valence-electron chi connectivity index (χ3n) is 4.67. The predicted molar refractivity (Wildman–Crippen MR) is 87.3 cm³/mol. The van der Waals surface area contributed by atoms with E-state index in [4.69, 9.17) is 9.47 Å². The van der Waals surface area contributed by atoms with Crippen molar-refractivity contribution in [2.45, 2.75) is 12.8 Å². The molecule has 2 saturated heterocycles. The smallest absolute Gasteiger partial charge is 0.193 e. The zero-order chi connectivity index (χ0) is 17.0. The summed E-state index contributed by atoms with van der Waals surface area (Å²) in [7, 11) is 1.75. The molecule has 1 spiro atoms. The Kier molecular flexibility index (Phi) is 5.18. The first-order chi connectivity index (χ1) is 11.6. The molecule has 0 bridgehead atoms. The Hall–Kier alpha value is -1.89. The van der Waals surface area contributed by atoms with Crippen molar-refractivity contribution >= 4 is 5.96 Å². The van der Waals surface area contributed by atoms with Crippen LogP contribution in [-0.2, 0) is 4.74 Å². The maximum Gasteiger partial charge on any atom is 0.193 e. The molecule has 1 aromatic carbocycles.